The normalized spacial score (nSPS) is 16.9. The van der Waals surface area contributed by atoms with E-state index >= 15 is 0 Å². The van der Waals surface area contributed by atoms with Gasteiger partial charge in [-0.2, -0.15) is 0 Å². The maximum Gasteiger partial charge on any atom is 0.00908 e. The fraction of sp³-hybridized carbons (Fsp3) is 0.520. The molecule has 0 saturated carbocycles. The molecule has 25 heavy (non-hydrogen) atoms. The average Bonchev–Trinajstić information content (AvgIpc) is 2.65. The number of aryl methyl sites for hydroxylation is 1. The van der Waals surface area contributed by atoms with E-state index in [-0.39, 0.29) is 16.2 Å². The molecule has 0 heteroatoms. The Morgan fingerprint density at radius 1 is 1.08 bits per heavy atom. The minimum absolute atomic E-state index is 0.0758. The highest BCUT2D eigenvalue weighted by atomic mass is 14.4. The second-order valence-corrected chi connectivity index (χ2v) is 10.5. The second kappa shape index (κ2) is 6.31. The van der Waals surface area contributed by atoms with Gasteiger partial charge < -0.3 is 0 Å². The lowest BCUT2D eigenvalue weighted by molar-refractivity contribution is 0.414. The first-order chi connectivity index (χ1) is 11.2. The Hall–Kier alpha value is -1.56. The Balaban J connectivity index is 2.42. The van der Waals surface area contributed by atoms with Crippen LogP contribution in [0.3, 0.4) is 0 Å². The van der Waals surface area contributed by atoms with Gasteiger partial charge in [-0.05, 0) is 52.0 Å². The van der Waals surface area contributed by atoms with Crippen LogP contribution >= 0.6 is 0 Å². The van der Waals surface area contributed by atoms with Crippen molar-refractivity contribution in [2.75, 3.05) is 0 Å². The van der Waals surface area contributed by atoms with Gasteiger partial charge in [0, 0.05) is 5.41 Å². The molecule has 0 nitrogen and oxygen atoms in total. The zero-order valence-electron chi connectivity index (χ0n) is 17.8. The van der Waals surface area contributed by atoms with E-state index in [1.807, 2.05) is 0 Å². The molecule has 0 aromatic heterocycles. The summed E-state index contributed by atoms with van der Waals surface area (Å²) in [5.74, 6) is 0. The van der Waals surface area contributed by atoms with Crippen LogP contribution in [-0.4, -0.2) is 0 Å². The standard InChI is InChI=1S/C25H36/c1-17(15-23(3,4)5)11-12-19-16-25(9,10)21-14-20(24(6,7)8)13-18(2)22(19)21/h11-14,16H,1,15H2,2-10H3/b12-11-. The minimum atomic E-state index is 0.0758. The highest BCUT2D eigenvalue weighted by Crippen LogP contribution is 2.44. The van der Waals surface area contributed by atoms with E-state index in [9.17, 15) is 0 Å². The smallest absolute Gasteiger partial charge is 0.00908 e. The van der Waals surface area contributed by atoms with Crippen molar-refractivity contribution in [3.8, 4) is 0 Å². The zero-order valence-corrected chi connectivity index (χ0v) is 17.8. The lowest BCUT2D eigenvalue weighted by atomic mass is 9.79. The van der Waals surface area contributed by atoms with Crippen LogP contribution in [0.5, 0.6) is 0 Å². The Labute approximate surface area is 155 Å². The number of hydrogen-bond donors (Lipinski definition) is 0. The van der Waals surface area contributed by atoms with Gasteiger partial charge in [-0.1, -0.05) is 97.9 Å². The third kappa shape index (κ3) is 4.54. The molecule has 2 rings (SSSR count). The topological polar surface area (TPSA) is 0 Å². The van der Waals surface area contributed by atoms with Gasteiger partial charge in [-0.15, -0.1) is 0 Å². The Bertz CT molecular complexity index is 737. The van der Waals surface area contributed by atoms with Gasteiger partial charge in [-0.3, -0.25) is 0 Å². The quantitative estimate of drug-likeness (QED) is 0.501. The molecule has 0 radical (unpaired) electrons. The number of allylic oxidation sites excluding steroid dienone is 5. The lowest BCUT2D eigenvalue weighted by Crippen LogP contribution is -2.16. The van der Waals surface area contributed by atoms with Gasteiger partial charge in [-0.25, -0.2) is 0 Å². The summed E-state index contributed by atoms with van der Waals surface area (Å²) < 4.78 is 0. The fourth-order valence-electron chi connectivity index (χ4n) is 3.73. The van der Waals surface area contributed by atoms with E-state index in [1.165, 1.54) is 33.4 Å². The van der Waals surface area contributed by atoms with Gasteiger partial charge in [0.1, 0.15) is 0 Å². The maximum absolute atomic E-state index is 4.25. The first-order valence-corrected chi connectivity index (χ1v) is 9.45. The Morgan fingerprint density at radius 2 is 1.68 bits per heavy atom. The molecule has 1 aliphatic carbocycles. The number of fused-ring (bicyclic) bond motifs is 1. The predicted octanol–water partition coefficient (Wildman–Crippen LogP) is 7.52. The highest BCUT2D eigenvalue weighted by Gasteiger charge is 2.31. The predicted molar refractivity (Wildman–Crippen MR) is 113 cm³/mol. The van der Waals surface area contributed by atoms with Crippen molar-refractivity contribution in [2.45, 2.75) is 79.6 Å². The summed E-state index contributed by atoms with van der Waals surface area (Å²) in [5, 5.41) is 0. The van der Waals surface area contributed by atoms with Crippen molar-refractivity contribution in [3.05, 3.63) is 64.8 Å². The Kier molecular flexibility index (Phi) is 4.99. The van der Waals surface area contributed by atoms with Crippen molar-refractivity contribution in [1.82, 2.24) is 0 Å². The highest BCUT2D eigenvalue weighted by molar-refractivity contribution is 5.85. The SMILES string of the molecule is C=C(/C=C\C1=CC(C)(C)c2cc(C(C)(C)C)cc(C)c21)CC(C)(C)C. The van der Waals surface area contributed by atoms with Gasteiger partial charge >= 0.3 is 0 Å². The van der Waals surface area contributed by atoms with Crippen LogP contribution in [0, 0.1) is 12.3 Å². The summed E-state index contributed by atoms with van der Waals surface area (Å²) in [5.41, 5.74) is 8.74. The molecular weight excluding hydrogens is 300 g/mol. The molecule has 0 amide bonds. The molecule has 136 valence electrons. The van der Waals surface area contributed by atoms with Crippen molar-refractivity contribution >= 4 is 5.57 Å². The fourth-order valence-corrected chi connectivity index (χ4v) is 3.73. The molecule has 0 saturated heterocycles. The van der Waals surface area contributed by atoms with Crippen LogP contribution in [0.1, 0.15) is 84.1 Å². The molecule has 0 N–H and O–H groups in total. The second-order valence-electron chi connectivity index (χ2n) is 10.5. The van der Waals surface area contributed by atoms with Crippen LogP contribution in [0.4, 0.5) is 0 Å². The van der Waals surface area contributed by atoms with E-state index in [0.29, 0.717) is 0 Å². The molecule has 1 aliphatic rings. The van der Waals surface area contributed by atoms with Crippen molar-refractivity contribution in [3.63, 3.8) is 0 Å². The van der Waals surface area contributed by atoms with Crippen LogP contribution in [0.15, 0.2) is 42.5 Å². The van der Waals surface area contributed by atoms with E-state index in [1.54, 1.807) is 0 Å². The molecular formula is C25H36. The van der Waals surface area contributed by atoms with E-state index in [2.05, 4.69) is 99.3 Å². The molecule has 1 aromatic rings. The van der Waals surface area contributed by atoms with Crippen LogP contribution in [-0.2, 0) is 10.8 Å². The lowest BCUT2D eigenvalue weighted by Gasteiger charge is -2.25. The zero-order chi connectivity index (χ0) is 19.2. The van der Waals surface area contributed by atoms with Crippen molar-refractivity contribution < 1.29 is 0 Å². The maximum atomic E-state index is 4.25. The van der Waals surface area contributed by atoms with E-state index in [4.69, 9.17) is 0 Å². The van der Waals surface area contributed by atoms with Crippen LogP contribution in [0.2, 0.25) is 0 Å². The monoisotopic (exact) mass is 336 g/mol. The Morgan fingerprint density at radius 3 is 2.20 bits per heavy atom. The first-order valence-electron chi connectivity index (χ1n) is 9.45. The van der Waals surface area contributed by atoms with Crippen LogP contribution in [0.25, 0.3) is 5.57 Å². The largest absolute Gasteiger partial charge is 0.0958 e. The van der Waals surface area contributed by atoms with Gasteiger partial charge in [0.2, 0.25) is 0 Å². The first kappa shape index (κ1) is 19.8. The molecule has 0 fully saturated rings. The van der Waals surface area contributed by atoms with Crippen molar-refractivity contribution in [2.24, 2.45) is 5.41 Å². The molecule has 0 heterocycles. The summed E-state index contributed by atoms with van der Waals surface area (Å²) in [6.07, 6.45) is 7.91. The summed E-state index contributed by atoms with van der Waals surface area (Å²) in [4.78, 5) is 0. The number of benzene rings is 1. The molecule has 0 atom stereocenters. The minimum Gasteiger partial charge on any atom is -0.0958 e. The van der Waals surface area contributed by atoms with Crippen LogP contribution < -0.4 is 0 Å². The third-order valence-corrected chi connectivity index (χ3v) is 4.96. The summed E-state index contributed by atoms with van der Waals surface area (Å²) in [6.45, 7) is 24.8. The molecule has 1 aromatic carbocycles. The summed E-state index contributed by atoms with van der Waals surface area (Å²) in [7, 11) is 0. The summed E-state index contributed by atoms with van der Waals surface area (Å²) in [6, 6.07) is 4.79. The molecule has 0 aliphatic heterocycles. The van der Waals surface area contributed by atoms with E-state index in [0.717, 1.165) is 6.42 Å². The molecule has 0 unspecified atom stereocenters. The summed E-state index contributed by atoms with van der Waals surface area (Å²) >= 11 is 0. The molecule has 0 bridgehead atoms. The van der Waals surface area contributed by atoms with Crippen molar-refractivity contribution in [1.29, 1.82) is 0 Å². The number of hydrogen-bond acceptors (Lipinski definition) is 0. The third-order valence-electron chi connectivity index (χ3n) is 4.96. The van der Waals surface area contributed by atoms with Gasteiger partial charge in [0.05, 0.1) is 0 Å². The number of rotatable bonds is 3. The van der Waals surface area contributed by atoms with Gasteiger partial charge in [0.25, 0.3) is 0 Å². The average molecular weight is 337 g/mol. The molecule has 0 spiro atoms. The van der Waals surface area contributed by atoms with E-state index < -0.39 is 0 Å². The van der Waals surface area contributed by atoms with Gasteiger partial charge in [0.15, 0.2) is 0 Å².